The summed E-state index contributed by atoms with van der Waals surface area (Å²) < 4.78 is 5.72. The fourth-order valence-corrected chi connectivity index (χ4v) is 2.64. The van der Waals surface area contributed by atoms with Crippen LogP contribution in [-0.2, 0) is 6.54 Å². The molecule has 23 heavy (non-hydrogen) atoms. The predicted molar refractivity (Wildman–Crippen MR) is 89.5 cm³/mol. The Balaban J connectivity index is 1.60. The van der Waals surface area contributed by atoms with Crippen molar-refractivity contribution in [3.05, 3.63) is 23.9 Å². The van der Waals surface area contributed by atoms with Gasteiger partial charge in [-0.15, -0.1) is 0 Å². The standard InChI is InChI=1S/C17H26N4O2/c1-2-18-17(21-8-6-15(22)11-21)20-10-14-5-7-19-16(9-14)23-12-13-3-4-13/h5,7,9,13,15,22H,2-4,6,8,10-12H2,1H3,(H,18,20)/t15-/m1/s1. The molecule has 2 heterocycles. The fraction of sp³-hybridized carbons (Fsp3) is 0.647. The molecule has 1 aromatic heterocycles. The Morgan fingerprint density at radius 1 is 1.48 bits per heavy atom. The van der Waals surface area contributed by atoms with Gasteiger partial charge in [-0.05, 0) is 43.7 Å². The lowest BCUT2D eigenvalue weighted by Crippen LogP contribution is -2.40. The van der Waals surface area contributed by atoms with Crippen LogP contribution in [-0.4, -0.2) is 53.3 Å². The summed E-state index contributed by atoms with van der Waals surface area (Å²) in [6, 6.07) is 3.93. The van der Waals surface area contributed by atoms with Gasteiger partial charge in [0, 0.05) is 31.9 Å². The molecule has 1 saturated carbocycles. The van der Waals surface area contributed by atoms with Crippen LogP contribution in [0.3, 0.4) is 0 Å². The predicted octanol–water partition coefficient (Wildman–Crippen LogP) is 1.40. The highest BCUT2D eigenvalue weighted by molar-refractivity contribution is 5.80. The quantitative estimate of drug-likeness (QED) is 0.613. The third-order valence-electron chi connectivity index (χ3n) is 4.17. The summed E-state index contributed by atoms with van der Waals surface area (Å²) in [5.74, 6) is 2.27. The van der Waals surface area contributed by atoms with E-state index in [1.54, 1.807) is 6.20 Å². The van der Waals surface area contributed by atoms with Crippen LogP contribution >= 0.6 is 0 Å². The minimum Gasteiger partial charge on any atom is -0.477 e. The number of β-amino-alcohol motifs (C(OH)–C–C–N with tert-alkyl or cyclic N) is 1. The molecular weight excluding hydrogens is 292 g/mol. The molecule has 6 heteroatoms. The molecule has 126 valence electrons. The molecule has 1 aromatic rings. The minimum atomic E-state index is -0.248. The molecule has 0 unspecified atom stereocenters. The smallest absolute Gasteiger partial charge is 0.213 e. The van der Waals surface area contributed by atoms with Gasteiger partial charge in [0.25, 0.3) is 0 Å². The number of hydrogen-bond acceptors (Lipinski definition) is 4. The van der Waals surface area contributed by atoms with E-state index in [2.05, 4.69) is 27.1 Å². The van der Waals surface area contributed by atoms with Gasteiger partial charge in [-0.2, -0.15) is 0 Å². The molecule has 2 N–H and O–H groups in total. The Morgan fingerprint density at radius 2 is 2.35 bits per heavy atom. The first kappa shape index (κ1) is 16.1. The topological polar surface area (TPSA) is 70.0 Å². The van der Waals surface area contributed by atoms with Gasteiger partial charge in [0.05, 0.1) is 19.3 Å². The summed E-state index contributed by atoms with van der Waals surface area (Å²) in [7, 11) is 0. The average Bonchev–Trinajstić information content (AvgIpc) is 3.30. The maximum Gasteiger partial charge on any atom is 0.213 e. The fourth-order valence-electron chi connectivity index (χ4n) is 2.64. The van der Waals surface area contributed by atoms with Crippen LogP contribution in [0.5, 0.6) is 5.88 Å². The molecule has 0 aromatic carbocycles. The zero-order valence-electron chi connectivity index (χ0n) is 13.7. The molecule has 1 atom stereocenters. The highest BCUT2D eigenvalue weighted by atomic mass is 16.5. The van der Waals surface area contributed by atoms with Gasteiger partial charge in [0.1, 0.15) is 0 Å². The third-order valence-corrected chi connectivity index (χ3v) is 4.17. The Labute approximate surface area is 137 Å². The Hall–Kier alpha value is -1.82. The summed E-state index contributed by atoms with van der Waals surface area (Å²) in [6.07, 6.45) is 4.88. The van der Waals surface area contributed by atoms with Gasteiger partial charge in [-0.3, -0.25) is 0 Å². The molecule has 6 nitrogen and oxygen atoms in total. The lowest BCUT2D eigenvalue weighted by molar-refractivity contribution is 0.188. The molecule has 0 spiro atoms. The number of hydrogen-bond donors (Lipinski definition) is 2. The maximum absolute atomic E-state index is 9.70. The first-order valence-electron chi connectivity index (χ1n) is 8.53. The number of aromatic nitrogens is 1. The number of rotatable bonds is 6. The lowest BCUT2D eigenvalue weighted by atomic mass is 10.3. The van der Waals surface area contributed by atoms with E-state index in [4.69, 9.17) is 4.74 Å². The van der Waals surface area contributed by atoms with E-state index in [0.29, 0.717) is 19.0 Å². The maximum atomic E-state index is 9.70. The van der Waals surface area contributed by atoms with Crippen LogP contribution in [0.1, 0.15) is 31.7 Å². The lowest BCUT2D eigenvalue weighted by Gasteiger charge is -2.20. The molecule has 3 rings (SSSR count). The highest BCUT2D eigenvalue weighted by Gasteiger charge is 2.23. The largest absolute Gasteiger partial charge is 0.477 e. The molecule has 1 aliphatic carbocycles. The van der Waals surface area contributed by atoms with Crippen molar-refractivity contribution in [1.29, 1.82) is 0 Å². The van der Waals surface area contributed by atoms with Crippen molar-refractivity contribution in [2.75, 3.05) is 26.2 Å². The second-order valence-electron chi connectivity index (χ2n) is 6.32. The molecule has 0 radical (unpaired) electrons. The second kappa shape index (κ2) is 7.64. The number of nitrogens with one attached hydrogen (secondary N) is 1. The first-order chi connectivity index (χ1) is 11.2. The van der Waals surface area contributed by atoms with E-state index in [-0.39, 0.29) is 6.10 Å². The van der Waals surface area contributed by atoms with E-state index in [0.717, 1.165) is 43.6 Å². The van der Waals surface area contributed by atoms with Gasteiger partial charge in [0.2, 0.25) is 5.88 Å². The number of likely N-dealkylation sites (tertiary alicyclic amines) is 1. The Kier molecular flexibility index (Phi) is 5.33. The van der Waals surface area contributed by atoms with Gasteiger partial charge in [0.15, 0.2) is 5.96 Å². The number of ether oxygens (including phenoxy) is 1. The third kappa shape index (κ3) is 4.82. The summed E-state index contributed by atoms with van der Waals surface area (Å²) in [4.78, 5) is 11.1. The van der Waals surface area contributed by atoms with Crippen LogP contribution < -0.4 is 10.1 Å². The Bertz CT molecular complexity index is 545. The van der Waals surface area contributed by atoms with Crippen molar-refractivity contribution in [1.82, 2.24) is 15.2 Å². The van der Waals surface area contributed by atoms with Crippen LogP contribution in [0.15, 0.2) is 23.3 Å². The van der Waals surface area contributed by atoms with Crippen LogP contribution in [0.4, 0.5) is 0 Å². The van der Waals surface area contributed by atoms with E-state index >= 15 is 0 Å². The van der Waals surface area contributed by atoms with E-state index in [1.807, 2.05) is 12.1 Å². The summed E-state index contributed by atoms with van der Waals surface area (Å²) in [5.41, 5.74) is 1.08. The average molecular weight is 318 g/mol. The van der Waals surface area contributed by atoms with E-state index in [1.165, 1.54) is 12.8 Å². The number of aliphatic hydroxyl groups is 1. The summed E-state index contributed by atoms with van der Waals surface area (Å²) in [5, 5.41) is 13.0. The van der Waals surface area contributed by atoms with Crippen molar-refractivity contribution in [2.24, 2.45) is 10.9 Å². The monoisotopic (exact) mass is 318 g/mol. The number of pyridine rings is 1. The molecule has 2 aliphatic rings. The minimum absolute atomic E-state index is 0.248. The zero-order chi connectivity index (χ0) is 16.1. The normalized spacial score (nSPS) is 21.6. The van der Waals surface area contributed by atoms with Crippen molar-refractivity contribution in [2.45, 2.75) is 38.8 Å². The molecule has 1 aliphatic heterocycles. The first-order valence-corrected chi connectivity index (χ1v) is 8.53. The van der Waals surface area contributed by atoms with Gasteiger partial charge < -0.3 is 20.1 Å². The van der Waals surface area contributed by atoms with Crippen molar-refractivity contribution >= 4 is 5.96 Å². The van der Waals surface area contributed by atoms with Crippen LogP contribution in [0, 0.1) is 5.92 Å². The SMILES string of the molecule is CCNC(=NCc1ccnc(OCC2CC2)c1)N1CC[C@@H](O)C1. The Morgan fingerprint density at radius 3 is 3.04 bits per heavy atom. The van der Waals surface area contributed by atoms with E-state index in [9.17, 15) is 5.11 Å². The summed E-state index contributed by atoms with van der Waals surface area (Å²) >= 11 is 0. The highest BCUT2D eigenvalue weighted by Crippen LogP contribution is 2.29. The van der Waals surface area contributed by atoms with Gasteiger partial charge >= 0.3 is 0 Å². The van der Waals surface area contributed by atoms with Crippen LogP contribution in [0.25, 0.3) is 0 Å². The number of aliphatic hydroxyl groups excluding tert-OH is 1. The second-order valence-corrected chi connectivity index (χ2v) is 6.32. The molecule has 0 bridgehead atoms. The van der Waals surface area contributed by atoms with Crippen molar-refractivity contribution in [3.63, 3.8) is 0 Å². The molecular formula is C17H26N4O2. The van der Waals surface area contributed by atoms with Crippen molar-refractivity contribution < 1.29 is 9.84 Å². The molecule has 1 saturated heterocycles. The van der Waals surface area contributed by atoms with Crippen LogP contribution in [0.2, 0.25) is 0 Å². The zero-order valence-corrected chi connectivity index (χ0v) is 13.7. The molecule has 2 fully saturated rings. The van der Waals surface area contributed by atoms with Gasteiger partial charge in [-0.25, -0.2) is 9.98 Å². The van der Waals surface area contributed by atoms with Gasteiger partial charge in [-0.1, -0.05) is 0 Å². The number of aliphatic imine (C=N–C) groups is 1. The van der Waals surface area contributed by atoms with E-state index < -0.39 is 0 Å². The summed E-state index contributed by atoms with van der Waals surface area (Å²) in [6.45, 7) is 5.72. The molecule has 0 amide bonds. The number of nitrogens with zero attached hydrogens (tertiary/aromatic N) is 3. The number of guanidine groups is 1. The van der Waals surface area contributed by atoms with Crippen molar-refractivity contribution in [3.8, 4) is 5.88 Å².